The molecule has 0 unspecified atom stereocenters. The van der Waals surface area contributed by atoms with Crippen molar-refractivity contribution in [3.63, 3.8) is 0 Å². The SMILES string of the molecule is C=CCNc1nc(C(=O)OCC(=O)N(C)Cc2ccc(C)cc2C)cs1. The largest absolute Gasteiger partial charge is 0.451 e. The van der Waals surface area contributed by atoms with E-state index in [1.165, 1.54) is 16.9 Å². The van der Waals surface area contributed by atoms with Crippen LogP contribution in [0.1, 0.15) is 27.2 Å². The fraction of sp³-hybridized carbons (Fsp3) is 0.316. The van der Waals surface area contributed by atoms with Crippen molar-refractivity contribution in [2.75, 3.05) is 25.5 Å². The summed E-state index contributed by atoms with van der Waals surface area (Å²) in [6.45, 7) is 8.36. The number of nitrogens with one attached hydrogen (secondary N) is 1. The number of esters is 1. The summed E-state index contributed by atoms with van der Waals surface area (Å²) in [5, 5.41) is 5.20. The van der Waals surface area contributed by atoms with Gasteiger partial charge in [-0.25, -0.2) is 9.78 Å². The van der Waals surface area contributed by atoms with Crippen LogP contribution in [0.4, 0.5) is 5.13 Å². The van der Waals surface area contributed by atoms with Gasteiger partial charge in [0.1, 0.15) is 0 Å². The van der Waals surface area contributed by atoms with Gasteiger partial charge in [0.2, 0.25) is 0 Å². The summed E-state index contributed by atoms with van der Waals surface area (Å²) >= 11 is 1.30. The Morgan fingerprint density at radius 3 is 2.85 bits per heavy atom. The zero-order chi connectivity index (χ0) is 19.1. The van der Waals surface area contributed by atoms with Crippen molar-refractivity contribution in [3.8, 4) is 0 Å². The quantitative estimate of drug-likeness (QED) is 0.568. The molecule has 0 atom stereocenters. The maximum atomic E-state index is 12.2. The Labute approximate surface area is 157 Å². The highest BCUT2D eigenvalue weighted by Crippen LogP contribution is 2.16. The van der Waals surface area contributed by atoms with Crippen LogP contribution in [-0.4, -0.2) is 42.0 Å². The van der Waals surface area contributed by atoms with Crippen molar-refractivity contribution >= 4 is 28.3 Å². The number of anilines is 1. The lowest BCUT2D eigenvalue weighted by Gasteiger charge is -2.18. The molecule has 0 aliphatic carbocycles. The molecule has 1 heterocycles. The lowest BCUT2D eigenvalue weighted by atomic mass is 10.1. The molecule has 2 aromatic rings. The normalized spacial score (nSPS) is 10.3. The van der Waals surface area contributed by atoms with Crippen molar-refractivity contribution < 1.29 is 14.3 Å². The van der Waals surface area contributed by atoms with Gasteiger partial charge in [0, 0.05) is 25.5 Å². The second-order valence-corrected chi connectivity index (χ2v) is 6.82. The van der Waals surface area contributed by atoms with Gasteiger partial charge < -0.3 is 15.0 Å². The third kappa shape index (κ3) is 5.42. The highest BCUT2D eigenvalue weighted by atomic mass is 32.1. The molecule has 6 nitrogen and oxygen atoms in total. The van der Waals surface area contributed by atoms with E-state index in [1.54, 1.807) is 23.4 Å². The molecule has 0 fully saturated rings. The standard InChI is InChI=1S/C19H23N3O3S/c1-5-8-20-19-21-16(12-26-19)18(24)25-11-17(23)22(4)10-15-7-6-13(2)9-14(15)3/h5-7,9,12H,1,8,10-11H2,2-4H3,(H,20,21). The number of hydrogen-bond donors (Lipinski definition) is 1. The highest BCUT2D eigenvalue weighted by molar-refractivity contribution is 7.13. The van der Waals surface area contributed by atoms with Gasteiger partial charge in [0.15, 0.2) is 17.4 Å². The maximum absolute atomic E-state index is 12.2. The number of ether oxygens (including phenoxy) is 1. The van der Waals surface area contributed by atoms with Crippen LogP contribution < -0.4 is 5.32 Å². The van der Waals surface area contributed by atoms with Gasteiger partial charge in [-0.3, -0.25) is 4.79 Å². The first-order valence-corrected chi connectivity index (χ1v) is 9.06. The van der Waals surface area contributed by atoms with E-state index in [-0.39, 0.29) is 18.2 Å². The van der Waals surface area contributed by atoms with Crippen LogP contribution in [0.5, 0.6) is 0 Å². The third-order valence-electron chi connectivity index (χ3n) is 3.77. The number of carbonyl (C=O) groups excluding carboxylic acids is 2. The predicted octanol–water partition coefficient (Wildman–Crippen LogP) is 3.17. The second-order valence-electron chi connectivity index (χ2n) is 5.96. The van der Waals surface area contributed by atoms with Gasteiger partial charge in [-0.1, -0.05) is 29.8 Å². The molecule has 1 aromatic heterocycles. The lowest BCUT2D eigenvalue weighted by Crippen LogP contribution is -2.31. The van der Waals surface area contributed by atoms with E-state index >= 15 is 0 Å². The number of rotatable bonds is 8. The van der Waals surface area contributed by atoms with Crippen LogP contribution >= 0.6 is 11.3 Å². The fourth-order valence-corrected chi connectivity index (χ4v) is 2.98. The number of benzene rings is 1. The summed E-state index contributed by atoms with van der Waals surface area (Å²) in [6, 6.07) is 6.10. The van der Waals surface area contributed by atoms with Crippen LogP contribution in [0.25, 0.3) is 0 Å². The zero-order valence-corrected chi connectivity index (χ0v) is 16.1. The first-order chi connectivity index (χ1) is 12.4. The van der Waals surface area contributed by atoms with Gasteiger partial charge in [-0.05, 0) is 25.0 Å². The van der Waals surface area contributed by atoms with Gasteiger partial charge in [0.05, 0.1) is 0 Å². The number of amides is 1. The van der Waals surface area contributed by atoms with Crippen LogP contribution in [-0.2, 0) is 16.1 Å². The molecule has 0 aliphatic rings. The van der Waals surface area contributed by atoms with E-state index in [2.05, 4.69) is 22.9 Å². The van der Waals surface area contributed by atoms with Gasteiger partial charge in [-0.15, -0.1) is 17.9 Å². The summed E-state index contributed by atoms with van der Waals surface area (Å²) in [4.78, 5) is 29.9. The molecule has 0 bridgehead atoms. The van der Waals surface area contributed by atoms with E-state index in [4.69, 9.17) is 4.74 Å². The van der Waals surface area contributed by atoms with Gasteiger partial charge in [0.25, 0.3) is 5.91 Å². The number of nitrogens with zero attached hydrogens (tertiary/aromatic N) is 2. The number of aromatic nitrogens is 1. The van der Waals surface area contributed by atoms with Crippen LogP contribution in [0.2, 0.25) is 0 Å². The van der Waals surface area contributed by atoms with Crippen LogP contribution in [0, 0.1) is 13.8 Å². The minimum absolute atomic E-state index is 0.186. The van der Waals surface area contributed by atoms with Crippen molar-refractivity contribution in [3.05, 3.63) is 58.6 Å². The average Bonchev–Trinajstić information content (AvgIpc) is 3.08. The zero-order valence-electron chi connectivity index (χ0n) is 15.2. The molecule has 0 aliphatic heterocycles. The van der Waals surface area contributed by atoms with Crippen LogP contribution in [0.3, 0.4) is 0 Å². The fourth-order valence-electron chi connectivity index (χ4n) is 2.29. The van der Waals surface area contributed by atoms with Gasteiger partial charge >= 0.3 is 5.97 Å². The Morgan fingerprint density at radius 1 is 1.38 bits per heavy atom. The number of hydrogen-bond acceptors (Lipinski definition) is 6. The Balaban J connectivity index is 1.85. The van der Waals surface area contributed by atoms with Crippen molar-refractivity contribution in [1.82, 2.24) is 9.88 Å². The molecule has 0 spiro atoms. The molecular formula is C19H23N3O3S. The van der Waals surface area contributed by atoms with Crippen molar-refractivity contribution in [1.29, 1.82) is 0 Å². The molecule has 1 amide bonds. The Morgan fingerprint density at radius 2 is 2.15 bits per heavy atom. The first-order valence-electron chi connectivity index (χ1n) is 8.18. The highest BCUT2D eigenvalue weighted by Gasteiger charge is 2.16. The van der Waals surface area contributed by atoms with E-state index in [0.29, 0.717) is 18.2 Å². The number of carbonyl (C=O) groups is 2. The minimum Gasteiger partial charge on any atom is -0.451 e. The van der Waals surface area contributed by atoms with E-state index in [0.717, 1.165) is 11.1 Å². The molecular weight excluding hydrogens is 350 g/mol. The molecule has 0 saturated heterocycles. The summed E-state index contributed by atoms with van der Waals surface area (Å²) in [5.74, 6) is -0.875. The summed E-state index contributed by atoms with van der Waals surface area (Å²) < 4.78 is 5.08. The molecule has 1 aromatic carbocycles. The summed E-state index contributed by atoms with van der Waals surface area (Å²) in [7, 11) is 1.69. The number of likely N-dealkylation sites (N-methyl/N-ethyl adjacent to an activating group) is 1. The first kappa shape index (κ1) is 19.7. The van der Waals surface area contributed by atoms with Gasteiger partial charge in [-0.2, -0.15) is 0 Å². The molecule has 7 heteroatoms. The Kier molecular flexibility index (Phi) is 6.91. The number of thiazole rings is 1. The second kappa shape index (κ2) is 9.15. The summed E-state index contributed by atoms with van der Waals surface area (Å²) in [6.07, 6.45) is 1.70. The Bertz CT molecular complexity index is 801. The average molecular weight is 373 g/mol. The molecule has 2 rings (SSSR count). The topological polar surface area (TPSA) is 71.5 Å². The van der Waals surface area contributed by atoms with E-state index in [1.807, 2.05) is 26.0 Å². The van der Waals surface area contributed by atoms with Crippen molar-refractivity contribution in [2.24, 2.45) is 0 Å². The monoisotopic (exact) mass is 373 g/mol. The van der Waals surface area contributed by atoms with E-state index < -0.39 is 5.97 Å². The van der Waals surface area contributed by atoms with Crippen LogP contribution in [0.15, 0.2) is 36.2 Å². The maximum Gasteiger partial charge on any atom is 0.358 e. The predicted molar refractivity (Wildman–Crippen MR) is 103 cm³/mol. The molecule has 0 saturated carbocycles. The molecule has 138 valence electrons. The van der Waals surface area contributed by atoms with E-state index in [9.17, 15) is 9.59 Å². The molecule has 0 radical (unpaired) electrons. The summed E-state index contributed by atoms with van der Waals surface area (Å²) in [5.41, 5.74) is 3.56. The smallest absolute Gasteiger partial charge is 0.358 e. The lowest BCUT2D eigenvalue weighted by molar-refractivity contribution is -0.133. The third-order valence-corrected chi connectivity index (χ3v) is 4.57. The molecule has 1 N–H and O–H groups in total. The molecule has 26 heavy (non-hydrogen) atoms. The van der Waals surface area contributed by atoms with Crippen molar-refractivity contribution in [2.45, 2.75) is 20.4 Å². The Hall–Kier alpha value is -2.67. The minimum atomic E-state index is -0.610. The number of aryl methyl sites for hydroxylation is 2.